The summed E-state index contributed by atoms with van der Waals surface area (Å²) in [5.74, 6) is 0.282. The van der Waals surface area contributed by atoms with Gasteiger partial charge in [0.15, 0.2) is 6.29 Å². The second kappa shape index (κ2) is 17.2. The third-order valence-corrected chi connectivity index (χ3v) is 8.85. The molecule has 3 atom stereocenters. The smallest absolute Gasteiger partial charge is 0.325 e. The Morgan fingerprint density at radius 2 is 1.60 bits per heavy atom. The molecule has 50 heavy (non-hydrogen) atoms. The van der Waals surface area contributed by atoms with E-state index in [1.807, 2.05) is 72.8 Å². The first-order valence-electron chi connectivity index (χ1n) is 17.1. The number of rotatable bonds is 12. The molecule has 0 unspecified atom stereocenters. The monoisotopic (exact) mass is 680 g/mol. The molecule has 3 N–H and O–H groups in total. The highest BCUT2D eigenvalue weighted by Gasteiger charge is 2.34. The van der Waals surface area contributed by atoms with Crippen molar-refractivity contribution in [1.82, 2.24) is 25.5 Å². The molecule has 0 radical (unpaired) electrons. The van der Waals surface area contributed by atoms with Crippen LogP contribution in [-0.4, -0.2) is 84.0 Å². The van der Waals surface area contributed by atoms with Gasteiger partial charge in [0.25, 0.3) is 0 Å². The van der Waals surface area contributed by atoms with Crippen LogP contribution in [0.25, 0.3) is 11.1 Å². The molecular weight excluding hydrogens is 636 g/mol. The minimum atomic E-state index is -0.580. The number of ether oxygens (including phenoxy) is 3. The topological polar surface area (TPSA) is 138 Å². The minimum absolute atomic E-state index is 0.00704. The predicted octanol–water partition coefficient (Wildman–Crippen LogP) is 4.37. The maximum Gasteiger partial charge on any atom is 0.325 e. The number of anilines is 1. The van der Waals surface area contributed by atoms with E-state index in [0.717, 1.165) is 72.1 Å². The van der Waals surface area contributed by atoms with Crippen molar-refractivity contribution in [3.8, 4) is 11.1 Å². The lowest BCUT2D eigenvalue weighted by molar-refractivity contribution is -0.253. The van der Waals surface area contributed by atoms with E-state index in [-0.39, 0.29) is 32.0 Å². The van der Waals surface area contributed by atoms with E-state index in [9.17, 15) is 14.7 Å². The lowest BCUT2D eigenvalue weighted by Crippen LogP contribution is -2.50. The lowest BCUT2D eigenvalue weighted by atomic mass is 9.98. The van der Waals surface area contributed by atoms with Crippen molar-refractivity contribution in [3.05, 3.63) is 114 Å². The van der Waals surface area contributed by atoms with Crippen molar-refractivity contribution < 1.29 is 28.9 Å². The maximum atomic E-state index is 12.2. The fourth-order valence-electron chi connectivity index (χ4n) is 6.24. The van der Waals surface area contributed by atoms with Crippen LogP contribution in [0.3, 0.4) is 0 Å². The van der Waals surface area contributed by atoms with Crippen molar-refractivity contribution in [2.24, 2.45) is 0 Å². The average Bonchev–Trinajstić information content (AvgIpc) is 3.17. The lowest BCUT2D eigenvalue weighted by Gasteiger charge is -2.40. The second-order valence-electron chi connectivity index (χ2n) is 12.4. The van der Waals surface area contributed by atoms with E-state index in [4.69, 9.17) is 14.2 Å². The van der Waals surface area contributed by atoms with Crippen LogP contribution in [0.4, 0.5) is 10.7 Å². The van der Waals surface area contributed by atoms with Gasteiger partial charge in [-0.25, -0.2) is 14.8 Å². The number of nitrogens with zero attached hydrogens (tertiary/aromatic N) is 4. The van der Waals surface area contributed by atoms with Gasteiger partial charge in [-0.3, -0.25) is 9.69 Å². The molecule has 3 heterocycles. The first-order valence-corrected chi connectivity index (χ1v) is 17.1. The highest BCUT2D eigenvalue weighted by Crippen LogP contribution is 2.39. The van der Waals surface area contributed by atoms with Gasteiger partial charge in [0.05, 0.1) is 25.4 Å². The molecule has 2 aliphatic rings. The summed E-state index contributed by atoms with van der Waals surface area (Å²) in [5, 5.41) is 14.9. The van der Waals surface area contributed by atoms with E-state index >= 15 is 0 Å². The van der Waals surface area contributed by atoms with Crippen LogP contribution in [0.5, 0.6) is 0 Å². The number of hydrogen-bond acceptors (Lipinski definition) is 10. The molecule has 4 aromatic rings. The molecule has 2 amide bonds. The van der Waals surface area contributed by atoms with Gasteiger partial charge in [-0.15, -0.1) is 0 Å². The molecule has 2 saturated heterocycles. The number of aromatic nitrogens is 2. The zero-order valence-electron chi connectivity index (χ0n) is 28.2. The maximum absolute atomic E-state index is 12.2. The molecule has 0 bridgehead atoms. The number of carbonyl (C=O) groups excluding carboxylic acids is 2. The van der Waals surface area contributed by atoms with Crippen LogP contribution in [-0.2, 0) is 32.2 Å². The first-order chi connectivity index (χ1) is 24.5. The number of esters is 1. The highest BCUT2D eigenvalue weighted by atomic mass is 16.7. The first kappa shape index (κ1) is 35.0. The average molecular weight is 681 g/mol. The van der Waals surface area contributed by atoms with Gasteiger partial charge in [0, 0.05) is 63.6 Å². The summed E-state index contributed by atoms with van der Waals surface area (Å²) in [5.41, 5.74) is 5.72. The largest absolute Gasteiger partial charge is 0.465 e. The van der Waals surface area contributed by atoms with Crippen LogP contribution in [0.2, 0.25) is 0 Å². The van der Waals surface area contributed by atoms with Gasteiger partial charge >= 0.3 is 12.0 Å². The zero-order valence-corrected chi connectivity index (χ0v) is 28.2. The van der Waals surface area contributed by atoms with Crippen LogP contribution in [0, 0.1) is 0 Å². The van der Waals surface area contributed by atoms with Crippen molar-refractivity contribution in [3.63, 3.8) is 0 Å². The van der Waals surface area contributed by atoms with Crippen LogP contribution in [0.15, 0.2) is 91.3 Å². The normalized spacial score (nSPS) is 19.5. The fraction of sp³-hybridized carbons (Fsp3) is 0.368. The van der Waals surface area contributed by atoms with E-state index in [1.54, 1.807) is 19.3 Å². The summed E-state index contributed by atoms with van der Waals surface area (Å²) < 4.78 is 18.2. The van der Waals surface area contributed by atoms with Crippen LogP contribution >= 0.6 is 0 Å². The summed E-state index contributed by atoms with van der Waals surface area (Å²) in [6, 6.07) is 25.4. The highest BCUT2D eigenvalue weighted by molar-refractivity contribution is 5.80. The number of nitrogens with one attached hydrogen (secondary N) is 2. The van der Waals surface area contributed by atoms with E-state index in [1.165, 1.54) is 0 Å². The molecule has 2 fully saturated rings. The summed E-state index contributed by atoms with van der Waals surface area (Å²) >= 11 is 0. The number of aliphatic hydroxyl groups is 1. The zero-order chi connectivity index (χ0) is 34.7. The molecule has 12 nitrogen and oxygen atoms in total. The van der Waals surface area contributed by atoms with Crippen molar-refractivity contribution >= 4 is 17.9 Å². The standard InChI is InChI=1S/C38H44N6O6/c1-2-48-35(46)24-42-38(47)41-23-28-6-3-7-30(20-28)31-8-4-9-32(21-31)36-49-33(22-34(50-36)29-12-10-27(26-45)11-13-29)25-43-16-18-44(19-17-43)37-39-14-5-15-40-37/h3-15,20-21,33-34,36,45H,2,16-19,22-26H2,1H3,(H2,41,42,47)/t33-,34+,36+/m1/s1. The molecule has 0 aliphatic carbocycles. The molecular formula is C38H44N6O6. The van der Waals surface area contributed by atoms with Gasteiger partial charge in [-0.05, 0) is 52.9 Å². The van der Waals surface area contributed by atoms with E-state index < -0.39 is 18.3 Å². The Morgan fingerprint density at radius 1 is 0.860 bits per heavy atom. The number of piperazine rings is 1. The summed E-state index contributed by atoms with van der Waals surface area (Å²) in [4.78, 5) is 37.2. The Labute approximate surface area is 292 Å². The quantitative estimate of drug-likeness (QED) is 0.185. The minimum Gasteiger partial charge on any atom is -0.465 e. The van der Waals surface area contributed by atoms with Crippen molar-refractivity contribution in [2.45, 2.75) is 45.0 Å². The number of aliphatic hydroxyl groups excluding tert-OH is 1. The van der Waals surface area contributed by atoms with Gasteiger partial charge in [0.1, 0.15) is 6.54 Å². The third-order valence-electron chi connectivity index (χ3n) is 8.85. The van der Waals surface area contributed by atoms with Gasteiger partial charge < -0.3 is 34.9 Å². The van der Waals surface area contributed by atoms with Crippen molar-refractivity contribution in [2.75, 3.05) is 50.8 Å². The molecule has 2 aliphatic heterocycles. The summed E-state index contributed by atoms with van der Waals surface area (Å²) in [6.45, 7) is 6.31. The molecule has 262 valence electrons. The Morgan fingerprint density at radius 3 is 2.34 bits per heavy atom. The molecule has 12 heteroatoms. The van der Waals surface area contributed by atoms with Gasteiger partial charge in [-0.2, -0.15) is 0 Å². The van der Waals surface area contributed by atoms with Crippen LogP contribution in [0.1, 0.15) is 48.0 Å². The Bertz CT molecular complexity index is 1700. The number of carbonyl (C=O) groups is 2. The van der Waals surface area contributed by atoms with E-state index in [2.05, 4.69) is 36.5 Å². The molecule has 0 saturated carbocycles. The predicted molar refractivity (Wildman–Crippen MR) is 188 cm³/mol. The van der Waals surface area contributed by atoms with Gasteiger partial charge in [0.2, 0.25) is 5.95 Å². The summed E-state index contributed by atoms with van der Waals surface area (Å²) in [7, 11) is 0. The SMILES string of the molecule is CCOC(=O)CNC(=O)NCc1cccc(-c2cccc([C@H]3O[C@@H](CN4CCN(c5ncccn5)CC4)C[C@@H](c4ccc(CO)cc4)O3)c2)c1. The van der Waals surface area contributed by atoms with Gasteiger partial charge in [-0.1, -0.05) is 60.7 Å². The number of urea groups is 1. The molecule has 6 rings (SSSR count). The molecule has 1 aromatic heterocycles. The Kier molecular flexibility index (Phi) is 12.0. The summed E-state index contributed by atoms with van der Waals surface area (Å²) in [6.07, 6.45) is 3.43. The number of amides is 2. The van der Waals surface area contributed by atoms with Crippen molar-refractivity contribution in [1.29, 1.82) is 0 Å². The Balaban J connectivity index is 1.14. The van der Waals surface area contributed by atoms with E-state index in [0.29, 0.717) is 13.0 Å². The fourth-order valence-corrected chi connectivity index (χ4v) is 6.24. The molecule has 0 spiro atoms. The number of hydrogen-bond donors (Lipinski definition) is 3. The van der Waals surface area contributed by atoms with Crippen LogP contribution < -0.4 is 15.5 Å². The Hall–Kier alpha value is -4.88. The molecule has 3 aromatic carbocycles. The number of benzene rings is 3. The second-order valence-corrected chi connectivity index (χ2v) is 12.4. The third kappa shape index (κ3) is 9.42.